The smallest absolute Gasteiger partial charge is 0.191 e. The molecule has 0 radical (unpaired) electrons. The van der Waals surface area contributed by atoms with Crippen LogP contribution in [0.2, 0.25) is 0 Å². The van der Waals surface area contributed by atoms with E-state index in [9.17, 15) is 4.39 Å². The fourth-order valence-corrected chi connectivity index (χ4v) is 1.62. The normalized spacial score (nSPS) is 14.4. The van der Waals surface area contributed by atoms with Gasteiger partial charge in [-0.15, -0.1) is 24.0 Å². The Morgan fingerprint density at radius 3 is 2.90 bits per heavy atom. The Labute approximate surface area is 136 Å². The van der Waals surface area contributed by atoms with Crippen LogP contribution in [0.25, 0.3) is 0 Å². The van der Waals surface area contributed by atoms with E-state index in [0.29, 0.717) is 24.9 Å². The topological polar surface area (TPSA) is 45.7 Å². The van der Waals surface area contributed by atoms with Crippen LogP contribution in [0.1, 0.15) is 19.8 Å². The molecule has 2 N–H and O–H groups in total. The molecule has 1 aliphatic carbocycles. The molecule has 0 heterocycles. The van der Waals surface area contributed by atoms with Gasteiger partial charge in [-0.3, -0.25) is 0 Å². The van der Waals surface area contributed by atoms with Gasteiger partial charge in [0.15, 0.2) is 5.96 Å². The van der Waals surface area contributed by atoms with Crippen LogP contribution in [0.5, 0.6) is 5.75 Å². The Balaban J connectivity index is 0.00000200. The molecule has 0 unspecified atom stereocenters. The quantitative estimate of drug-likeness (QED) is 0.338. The lowest BCUT2D eigenvalue weighted by molar-refractivity contribution is 0.326. The van der Waals surface area contributed by atoms with E-state index in [4.69, 9.17) is 4.74 Å². The van der Waals surface area contributed by atoms with Gasteiger partial charge < -0.3 is 15.4 Å². The Hall–Kier alpha value is -1.05. The SMILES string of the molecule is CCNC(=NCCOc1cccc(F)c1)NC1CC1.I. The second kappa shape index (κ2) is 8.99. The van der Waals surface area contributed by atoms with Crippen molar-refractivity contribution in [1.29, 1.82) is 0 Å². The summed E-state index contributed by atoms with van der Waals surface area (Å²) in [6.45, 7) is 3.85. The van der Waals surface area contributed by atoms with Gasteiger partial charge in [-0.25, -0.2) is 9.38 Å². The monoisotopic (exact) mass is 393 g/mol. The van der Waals surface area contributed by atoms with Crippen molar-refractivity contribution in [3.63, 3.8) is 0 Å². The van der Waals surface area contributed by atoms with Crippen molar-refractivity contribution >= 4 is 29.9 Å². The van der Waals surface area contributed by atoms with E-state index < -0.39 is 0 Å². The summed E-state index contributed by atoms with van der Waals surface area (Å²) >= 11 is 0. The van der Waals surface area contributed by atoms with Crippen LogP contribution in [-0.4, -0.2) is 31.7 Å². The fourth-order valence-electron chi connectivity index (χ4n) is 1.62. The molecule has 4 nitrogen and oxygen atoms in total. The van der Waals surface area contributed by atoms with Crippen LogP contribution in [0, 0.1) is 5.82 Å². The summed E-state index contributed by atoms with van der Waals surface area (Å²) < 4.78 is 18.4. The fraction of sp³-hybridized carbons (Fsp3) is 0.500. The van der Waals surface area contributed by atoms with Crippen molar-refractivity contribution in [2.75, 3.05) is 19.7 Å². The molecule has 1 aromatic carbocycles. The highest BCUT2D eigenvalue weighted by Gasteiger charge is 2.21. The van der Waals surface area contributed by atoms with E-state index in [-0.39, 0.29) is 29.8 Å². The molecule has 0 saturated heterocycles. The first kappa shape index (κ1) is 17.0. The minimum atomic E-state index is -0.287. The summed E-state index contributed by atoms with van der Waals surface area (Å²) in [5, 5.41) is 6.51. The summed E-state index contributed by atoms with van der Waals surface area (Å²) in [6, 6.07) is 6.71. The van der Waals surface area contributed by atoms with Gasteiger partial charge in [0.25, 0.3) is 0 Å². The maximum Gasteiger partial charge on any atom is 0.191 e. The highest BCUT2D eigenvalue weighted by molar-refractivity contribution is 14.0. The van der Waals surface area contributed by atoms with Crippen LogP contribution in [0.4, 0.5) is 4.39 Å². The largest absolute Gasteiger partial charge is 0.492 e. The first-order valence-corrected chi connectivity index (χ1v) is 6.71. The van der Waals surface area contributed by atoms with Crippen LogP contribution >= 0.6 is 24.0 Å². The lowest BCUT2D eigenvalue weighted by atomic mass is 10.3. The molecular weight excluding hydrogens is 372 g/mol. The molecular formula is C14H21FIN3O. The molecule has 0 bridgehead atoms. The Kier molecular flexibility index (Phi) is 7.64. The van der Waals surface area contributed by atoms with Gasteiger partial charge in [-0.05, 0) is 31.9 Å². The standard InChI is InChI=1S/C14H20FN3O.HI/c1-2-16-14(18-12-6-7-12)17-8-9-19-13-5-3-4-11(15)10-13;/h3-5,10,12H,2,6-9H2,1H3,(H2,16,17,18);1H. The van der Waals surface area contributed by atoms with E-state index >= 15 is 0 Å². The maximum atomic E-state index is 12.9. The van der Waals surface area contributed by atoms with Crippen molar-refractivity contribution in [2.24, 2.45) is 4.99 Å². The minimum absolute atomic E-state index is 0. The number of ether oxygens (including phenoxy) is 1. The molecule has 2 rings (SSSR count). The lowest BCUT2D eigenvalue weighted by Gasteiger charge is -2.10. The van der Waals surface area contributed by atoms with Crippen LogP contribution in [-0.2, 0) is 0 Å². The molecule has 0 aliphatic heterocycles. The van der Waals surface area contributed by atoms with E-state index in [2.05, 4.69) is 15.6 Å². The number of hydrogen-bond donors (Lipinski definition) is 2. The average molecular weight is 393 g/mol. The zero-order valence-electron chi connectivity index (χ0n) is 11.6. The zero-order valence-corrected chi connectivity index (χ0v) is 13.9. The predicted octanol–water partition coefficient (Wildman–Crippen LogP) is 2.54. The van der Waals surface area contributed by atoms with Crippen LogP contribution in [0.3, 0.4) is 0 Å². The summed E-state index contributed by atoms with van der Waals surface area (Å²) in [6.07, 6.45) is 2.43. The van der Waals surface area contributed by atoms with Crippen LogP contribution in [0.15, 0.2) is 29.3 Å². The van der Waals surface area contributed by atoms with E-state index in [1.165, 1.54) is 25.0 Å². The van der Waals surface area contributed by atoms with Gasteiger partial charge in [-0.1, -0.05) is 6.07 Å². The molecule has 112 valence electrons. The molecule has 0 aromatic heterocycles. The maximum absolute atomic E-state index is 12.9. The molecule has 1 saturated carbocycles. The Morgan fingerprint density at radius 2 is 2.25 bits per heavy atom. The first-order valence-electron chi connectivity index (χ1n) is 6.71. The van der Waals surface area contributed by atoms with Crippen molar-refractivity contribution in [3.8, 4) is 5.75 Å². The van der Waals surface area contributed by atoms with E-state index in [0.717, 1.165) is 12.5 Å². The number of halogens is 2. The number of aliphatic imine (C=N–C) groups is 1. The van der Waals surface area contributed by atoms with Crippen molar-refractivity contribution < 1.29 is 9.13 Å². The van der Waals surface area contributed by atoms with Gasteiger partial charge in [-0.2, -0.15) is 0 Å². The number of nitrogens with zero attached hydrogens (tertiary/aromatic N) is 1. The lowest BCUT2D eigenvalue weighted by Crippen LogP contribution is -2.38. The summed E-state index contributed by atoms with van der Waals surface area (Å²) in [4.78, 5) is 4.41. The number of benzene rings is 1. The van der Waals surface area contributed by atoms with Crippen LogP contribution < -0.4 is 15.4 Å². The Morgan fingerprint density at radius 1 is 1.45 bits per heavy atom. The summed E-state index contributed by atoms with van der Waals surface area (Å²) in [5.74, 6) is 1.08. The van der Waals surface area contributed by atoms with Gasteiger partial charge in [0.1, 0.15) is 18.2 Å². The highest BCUT2D eigenvalue weighted by atomic mass is 127. The Bertz CT molecular complexity index is 438. The molecule has 1 aromatic rings. The molecule has 20 heavy (non-hydrogen) atoms. The van der Waals surface area contributed by atoms with Gasteiger partial charge in [0.2, 0.25) is 0 Å². The van der Waals surface area contributed by atoms with Gasteiger partial charge in [0.05, 0.1) is 6.54 Å². The molecule has 1 fully saturated rings. The number of nitrogens with one attached hydrogen (secondary N) is 2. The van der Waals surface area contributed by atoms with Crippen molar-refractivity contribution in [2.45, 2.75) is 25.8 Å². The second-order valence-electron chi connectivity index (χ2n) is 4.49. The third-order valence-corrected chi connectivity index (χ3v) is 2.69. The zero-order chi connectivity index (χ0) is 13.5. The molecule has 0 amide bonds. The third-order valence-electron chi connectivity index (χ3n) is 2.69. The molecule has 0 atom stereocenters. The summed E-state index contributed by atoms with van der Waals surface area (Å²) in [7, 11) is 0. The highest BCUT2D eigenvalue weighted by Crippen LogP contribution is 2.18. The summed E-state index contributed by atoms with van der Waals surface area (Å²) in [5.41, 5.74) is 0. The predicted molar refractivity (Wildman–Crippen MR) is 89.4 cm³/mol. The molecule has 1 aliphatic rings. The average Bonchev–Trinajstić information content (AvgIpc) is 3.19. The molecule has 6 heteroatoms. The van der Waals surface area contributed by atoms with Gasteiger partial charge >= 0.3 is 0 Å². The van der Waals surface area contributed by atoms with Crippen molar-refractivity contribution in [1.82, 2.24) is 10.6 Å². The van der Waals surface area contributed by atoms with E-state index in [1.807, 2.05) is 6.92 Å². The number of rotatable bonds is 6. The van der Waals surface area contributed by atoms with E-state index in [1.54, 1.807) is 12.1 Å². The minimum Gasteiger partial charge on any atom is -0.492 e. The number of guanidine groups is 1. The first-order chi connectivity index (χ1) is 9.28. The third kappa shape index (κ3) is 6.40. The second-order valence-corrected chi connectivity index (χ2v) is 4.49. The van der Waals surface area contributed by atoms with Gasteiger partial charge in [0, 0.05) is 18.7 Å². The molecule has 0 spiro atoms. The number of hydrogen-bond acceptors (Lipinski definition) is 2. The van der Waals surface area contributed by atoms with Crippen molar-refractivity contribution in [3.05, 3.63) is 30.1 Å².